The molecule has 0 saturated heterocycles. The molecule has 2 N–H and O–H groups in total. The molecule has 0 aliphatic rings. The lowest BCUT2D eigenvalue weighted by Crippen LogP contribution is -2.31. The van der Waals surface area contributed by atoms with E-state index in [2.05, 4.69) is 15.3 Å². The van der Waals surface area contributed by atoms with Gasteiger partial charge in [0.15, 0.2) is 0 Å². The highest BCUT2D eigenvalue weighted by Crippen LogP contribution is 2.09. The predicted octanol–water partition coefficient (Wildman–Crippen LogP) is -0.395. The molecule has 1 atom stereocenters. The molecular formula is C10H20N4O. The van der Waals surface area contributed by atoms with E-state index in [1.165, 1.54) is 0 Å². The van der Waals surface area contributed by atoms with E-state index >= 15 is 0 Å². The van der Waals surface area contributed by atoms with Crippen LogP contribution in [0.2, 0.25) is 0 Å². The van der Waals surface area contributed by atoms with Crippen molar-refractivity contribution >= 4 is 0 Å². The molecule has 0 aromatic carbocycles. The van der Waals surface area contributed by atoms with Crippen LogP contribution >= 0.6 is 0 Å². The molecule has 0 aliphatic carbocycles. The first-order chi connectivity index (χ1) is 7.13. The Balaban J connectivity index is 2.42. The number of aliphatic hydroxyl groups excluding tert-OH is 1. The van der Waals surface area contributed by atoms with E-state index in [1.807, 2.05) is 27.3 Å². The normalized spacial score (nSPS) is 13.4. The van der Waals surface area contributed by atoms with Gasteiger partial charge in [-0.05, 0) is 14.1 Å². The molecule has 0 aliphatic heterocycles. The van der Waals surface area contributed by atoms with E-state index in [1.54, 1.807) is 10.9 Å². The van der Waals surface area contributed by atoms with E-state index in [4.69, 9.17) is 0 Å². The van der Waals surface area contributed by atoms with Gasteiger partial charge >= 0.3 is 0 Å². The SMILES string of the molecule is CN(C)CCNC(CO)c1cnn(C)c1. The lowest BCUT2D eigenvalue weighted by molar-refractivity contribution is 0.240. The van der Waals surface area contributed by atoms with Crippen LogP contribution in [0.5, 0.6) is 0 Å². The second kappa shape index (κ2) is 5.85. The Hall–Kier alpha value is -0.910. The smallest absolute Gasteiger partial charge is 0.0627 e. The van der Waals surface area contributed by atoms with Crippen molar-refractivity contribution in [1.82, 2.24) is 20.0 Å². The Morgan fingerprint density at radius 2 is 2.33 bits per heavy atom. The molecule has 0 bridgehead atoms. The van der Waals surface area contributed by atoms with E-state index in [9.17, 15) is 5.11 Å². The van der Waals surface area contributed by atoms with Gasteiger partial charge in [-0.1, -0.05) is 0 Å². The van der Waals surface area contributed by atoms with Crippen molar-refractivity contribution in [3.63, 3.8) is 0 Å². The predicted molar refractivity (Wildman–Crippen MR) is 59.6 cm³/mol. The van der Waals surface area contributed by atoms with Crippen molar-refractivity contribution in [3.05, 3.63) is 18.0 Å². The number of rotatable bonds is 6. The number of likely N-dealkylation sites (N-methyl/N-ethyl adjacent to an activating group) is 1. The lowest BCUT2D eigenvalue weighted by atomic mass is 10.2. The van der Waals surface area contributed by atoms with Crippen LogP contribution in [0.15, 0.2) is 12.4 Å². The molecule has 1 heterocycles. The number of hydrogen-bond donors (Lipinski definition) is 2. The van der Waals surface area contributed by atoms with Gasteiger partial charge in [-0.15, -0.1) is 0 Å². The minimum atomic E-state index is -0.0151. The Morgan fingerprint density at radius 3 is 2.80 bits per heavy atom. The summed E-state index contributed by atoms with van der Waals surface area (Å²) in [6, 6.07) is -0.0151. The fourth-order valence-electron chi connectivity index (χ4n) is 1.37. The van der Waals surface area contributed by atoms with Crippen LogP contribution in [0.4, 0.5) is 0 Å². The molecule has 1 aromatic rings. The average Bonchev–Trinajstić information content (AvgIpc) is 2.59. The van der Waals surface area contributed by atoms with Crippen LogP contribution < -0.4 is 5.32 Å². The topological polar surface area (TPSA) is 53.3 Å². The minimum absolute atomic E-state index is 0.0151. The molecule has 0 saturated carbocycles. The summed E-state index contributed by atoms with van der Waals surface area (Å²) >= 11 is 0. The molecular weight excluding hydrogens is 192 g/mol. The quantitative estimate of drug-likeness (QED) is 0.674. The first-order valence-electron chi connectivity index (χ1n) is 5.11. The molecule has 5 heteroatoms. The van der Waals surface area contributed by atoms with Gasteiger partial charge in [-0.3, -0.25) is 4.68 Å². The van der Waals surface area contributed by atoms with Gasteiger partial charge in [-0.25, -0.2) is 0 Å². The molecule has 1 rings (SSSR count). The standard InChI is InChI=1S/C10H20N4O/c1-13(2)5-4-11-10(8-15)9-6-12-14(3)7-9/h6-7,10-11,15H,4-5,8H2,1-3H3. The number of nitrogens with one attached hydrogen (secondary N) is 1. The molecule has 0 fully saturated rings. The Kier molecular flexibility index (Phi) is 4.74. The van der Waals surface area contributed by atoms with Crippen LogP contribution in [0, 0.1) is 0 Å². The molecule has 86 valence electrons. The summed E-state index contributed by atoms with van der Waals surface area (Å²) in [6.07, 6.45) is 3.70. The zero-order valence-corrected chi connectivity index (χ0v) is 9.64. The first-order valence-corrected chi connectivity index (χ1v) is 5.11. The van der Waals surface area contributed by atoms with Crippen LogP contribution in [0.25, 0.3) is 0 Å². The Bertz CT molecular complexity index is 285. The van der Waals surface area contributed by atoms with Gasteiger partial charge in [0.1, 0.15) is 0 Å². The van der Waals surface area contributed by atoms with Gasteiger partial charge in [0.2, 0.25) is 0 Å². The van der Waals surface area contributed by atoms with Crippen LogP contribution in [0.1, 0.15) is 11.6 Å². The first kappa shape index (κ1) is 12.2. The molecule has 0 amide bonds. The van der Waals surface area contributed by atoms with Crippen molar-refractivity contribution in [2.75, 3.05) is 33.8 Å². The van der Waals surface area contributed by atoms with Crippen molar-refractivity contribution in [3.8, 4) is 0 Å². The average molecular weight is 212 g/mol. The van der Waals surface area contributed by atoms with E-state index < -0.39 is 0 Å². The monoisotopic (exact) mass is 212 g/mol. The summed E-state index contributed by atoms with van der Waals surface area (Å²) in [4.78, 5) is 2.10. The van der Waals surface area contributed by atoms with Crippen LogP contribution in [-0.4, -0.2) is 53.6 Å². The Labute approximate surface area is 90.7 Å². The summed E-state index contributed by atoms with van der Waals surface area (Å²) in [5.41, 5.74) is 1.03. The van der Waals surface area contributed by atoms with Crippen molar-refractivity contribution in [2.24, 2.45) is 7.05 Å². The molecule has 1 aromatic heterocycles. The van der Waals surface area contributed by atoms with Crippen molar-refractivity contribution < 1.29 is 5.11 Å². The highest BCUT2D eigenvalue weighted by molar-refractivity contribution is 5.10. The highest BCUT2D eigenvalue weighted by atomic mass is 16.3. The number of aromatic nitrogens is 2. The van der Waals surface area contributed by atoms with Crippen LogP contribution in [0.3, 0.4) is 0 Å². The number of nitrogens with zero attached hydrogens (tertiary/aromatic N) is 3. The van der Waals surface area contributed by atoms with E-state index in [0.29, 0.717) is 0 Å². The second-order valence-corrected chi connectivity index (χ2v) is 3.94. The highest BCUT2D eigenvalue weighted by Gasteiger charge is 2.10. The maximum Gasteiger partial charge on any atom is 0.0627 e. The zero-order chi connectivity index (χ0) is 11.3. The number of hydrogen-bond acceptors (Lipinski definition) is 4. The number of aliphatic hydroxyl groups is 1. The third-order valence-electron chi connectivity index (χ3n) is 2.26. The number of aryl methyl sites for hydroxylation is 1. The van der Waals surface area contributed by atoms with Gasteiger partial charge in [0.25, 0.3) is 0 Å². The van der Waals surface area contributed by atoms with Gasteiger partial charge in [0.05, 0.1) is 18.8 Å². The second-order valence-electron chi connectivity index (χ2n) is 3.94. The zero-order valence-electron chi connectivity index (χ0n) is 9.64. The molecule has 5 nitrogen and oxygen atoms in total. The summed E-state index contributed by atoms with van der Waals surface area (Å²) in [7, 11) is 5.93. The Morgan fingerprint density at radius 1 is 1.60 bits per heavy atom. The largest absolute Gasteiger partial charge is 0.394 e. The van der Waals surface area contributed by atoms with Gasteiger partial charge < -0.3 is 15.3 Å². The molecule has 0 radical (unpaired) electrons. The minimum Gasteiger partial charge on any atom is -0.394 e. The van der Waals surface area contributed by atoms with E-state index in [-0.39, 0.29) is 12.6 Å². The summed E-state index contributed by atoms with van der Waals surface area (Å²) in [5, 5.41) is 16.6. The third kappa shape index (κ3) is 3.99. The molecule has 0 spiro atoms. The lowest BCUT2D eigenvalue weighted by Gasteiger charge is -2.16. The van der Waals surface area contributed by atoms with E-state index in [0.717, 1.165) is 18.7 Å². The molecule has 1 unspecified atom stereocenters. The maximum absolute atomic E-state index is 9.24. The third-order valence-corrected chi connectivity index (χ3v) is 2.26. The van der Waals surface area contributed by atoms with Crippen molar-refractivity contribution in [1.29, 1.82) is 0 Å². The van der Waals surface area contributed by atoms with Crippen LogP contribution in [-0.2, 0) is 7.05 Å². The fraction of sp³-hybridized carbons (Fsp3) is 0.700. The fourth-order valence-corrected chi connectivity index (χ4v) is 1.37. The summed E-state index contributed by atoms with van der Waals surface area (Å²) < 4.78 is 1.74. The summed E-state index contributed by atoms with van der Waals surface area (Å²) in [6.45, 7) is 1.91. The summed E-state index contributed by atoms with van der Waals surface area (Å²) in [5.74, 6) is 0. The maximum atomic E-state index is 9.24. The molecule has 15 heavy (non-hydrogen) atoms. The van der Waals surface area contributed by atoms with Crippen molar-refractivity contribution in [2.45, 2.75) is 6.04 Å². The van der Waals surface area contributed by atoms with Gasteiger partial charge in [0, 0.05) is 31.9 Å². The van der Waals surface area contributed by atoms with Gasteiger partial charge in [-0.2, -0.15) is 5.10 Å².